The topological polar surface area (TPSA) is 56.7 Å². The molecule has 0 N–H and O–H groups in total. The molecule has 3 aromatic heterocycles. The van der Waals surface area contributed by atoms with Gasteiger partial charge in [0, 0.05) is 43.9 Å². The van der Waals surface area contributed by atoms with Crippen molar-refractivity contribution in [2.75, 3.05) is 0 Å². The van der Waals surface area contributed by atoms with E-state index < -0.39 is 0 Å². The Morgan fingerprint density at radius 3 is 1.50 bits per heavy atom. The largest absolute Gasteiger partial charge is 0.456 e. The summed E-state index contributed by atoms with van der Waals surface area (Å²) in [5, 5.41) is 4.39. The first-order valence-corrected chi connectivity index (χ1v) is 22.9. The van der Waals surface area contributed by atoms with Crippen LogP contribution in [-0.2, 0) is 0 Å². The van der Waals surface area contributed by atoms with Gasteiger partial charge in [-0.15, -0.1) is 0 Å². The summed E-state index contributed by atoms with van der Waals surface area (Å²) in [4.78, 5) is 15.6. The Morgan fingerprint density at radius 1 is 0.279 bits per heavy atom. The molecule has 0 spiro atoms. The van der Waals surface area contributed by atoms with Gasteiger partial charge in [0.25, 0.3) is 0 Å². The number of nitrogens with zero attached hydrogens (tertiary/aromatic N) is 4. The zero-order valence-electron chi connectivity index (χ0n) is 36.8. The van der Waals surface area contributed by atoms with Gasteiger partial charge in [-0.25, -0.2) is 15.0 Å². The minimum Gasteiger partial charge on any atom is -0.456 e. The number of hydrogen-bond donors (Lipinski definition) is 0. The molecule has 0 unspecified atom stereocenters. The van der Waals surface area contributed by atoms with Crippen LogP contribution in [0.25, 0.3) is 128 Å². The van der Waals surface area contributed by atoms with Crippen LogP contribution in [0.3, 0.4) is 0 Å². The number of para-hydroxylation sites is 2. The highest BCUT2D eigenvalue weighted by Crippen LogP contribution is 2.41. The van der Waals surface area contributed by atoms with Gasteiger partial charge in [0.2, 0.25) is 0 Å². The molecule has 0 saturated carbocycles. The average molecular weight is 869 g/mol. The molecule has 0 radical (unpaired) electrons. The number of benzene rings is 10. The van der Waals surface area contributed by atoms with Gasteiger partial charge in [-0.3, -0.25) is 0 Å². The van der Waals surface area contributed by atoms with Crippen LogP contribution >= 0.6 is 0 Å². The van der Waals surface area contributed by atoms with E-state index in [1.54, 1.807) is 0 Å². The smallest absolute Gasteiger partial charge is 0.164 e. The summed E-state index contributed by atoms with van der Waals surface area (Å²) in [6, 6.07) is 85.2. The van der Waals surface area contributed by atoms with Crippen molar-refractivity contribution < 1.29 is 4.42 Å². The molecule has 0 aliphatic rings. The molecule has 0 bridgehead atoms. The lowest BCUT2D eigenvalue weighted by Gasteiger charge is -2.13. The zero-order valence-corrected chi connectivity index (χ0v) is 36.8. The molecule has 0 fully saturated rings. The molecule has 5 heteroatoms. The lowest BCUT2D eigenvalue weighted by atomic mass is 9.93. The van der Waals surface area contributed by atoms with Gasteiger partial charge < -0.3 is 8.98 Å². The van der Waals surface area contributed by atoms with Gasteiger partial charge in [-0.1, -0.05) is 170 Å². The summed E-state index contributed by atoms with van der Waals surface area (Å²) in [6.45, 7) is 0. The maximum Gasteiger partial charge on any atom is 0.164 e. The van der Waals surface area contributed by atoms with Crippen LogP contribution in [0.4, 0.5) is 0 Å². The Hall–Kier alpha value is -9.19. The number of hydrogen-bond acceptors (Lipinski definition) is 4. The van der Waals surface area contributed by atoms with Crippen LogP contribution in [0.15, 0.2) is 247 Å². The molecule has 0 aliphatic carbocycles. The molecule has 10 aromatic carbocycles. The van der Waals surface area contributed by atoms with Crippen LogP contribution in [-0.4, -0.2) is 19.5 Å². The SMILES string of the molecule is c1ccc(-c2cc(-c3ccccc3)cc(-c3cccc(-c4nc(-c5ccccc5)nc(-c5cccc6oc7cc(-c8ccc9c(c8)c8ccccc8n9-c8ccccc8)ccc7c56)n4)c3)c2)cc1. The van der Waals surface area contributed by atoms with Crippen molar-refractivity contribution in [1.29, 1.82) is 0 Å². The molecule has 5 nitrogen and oxygen atoms in total. The van der Waals surface area contributed by atoms with Gasteiger partial charge >= 0.3 is 0 Å². The molecular formula is C63H40N4O. The lowest BCUT2D eigenvalue weighted by molar-refractivity contribution is 0.669. The second-order valence-corrected chi connectivity index (χ2v) is 17.2. The molecule has 318 valence electrons. The molecule has 13 aromatic rings. The molecule has 0 saturated heterocycles. The van der Waals surface area contributed by atoms with Crippen molar-refractivity contribution in [3.8, 4) is 84.4 Å². The third kappa shape index (κ3) is 6.93. The van der Waals surface area contributed by atoms with Gasteiger partial charge in [0.15, 0.2) is 17.5 Å². The normalized spacial score (nSPS) is 11.5. The summed E-state index contributed by atoms with van der Waals surface area (Å²) in [5.74, 6) is 1.77. The first kappa shape index (κ1) is 39.2. The maximum absolute atomic E-state index is 6.70. The third-order valence-electron chi connectivity index (χ3n) is 13.0. The number of fused-ring (bicyclic) bond motifs is 6. The van der Waals surface area contributed by atoms with Crippen LogP contribution in [0.5, 0.6) is 0 Å². The highest BCUT2D eigenvalue weighted by Gasteiger charge is 2.20. The van der Waals surface area contributed by atoms with E-state index in [2.05, 4.69) is 205 Å². The highest BCUT2D eigenvalue weighted by molar-refractivity contribution is 6.13. The standard InChI is InChI=1S/C63H40N4O/c1-5-17-41(18-6-1)48-36-49(42-19-7-2-8-20-42)38-50(37-48)44-23-15-24-47(35-44)62-64-61(43-21-9-3-10-22-43)65-63(66-62)54-28-16-30-58-60(54)53-33-31-46(40-59(53)68-58)45-32-34-57-55(39-45)52-27-13-14-29-56(52)67(57)51-25-11-4-12-26-51/h1-40H. The van der Waals surface area contributed by atoms with Crippen molar-refractivity contribution in [2.45, 2.75) is 0 Å². The summed E-state index contributed by atoms with van der Waals surface area (Å²) < 4.78 is 9.04. The highest BCUT2D eigenvalue weighted by atomic mass is 16.3. The summed E-state index contributed by atoms with van der Waals surface area (Å²) in [5.41, 5.74) is 16.8. The fourth-order valence-electron chi connectivity index (χ4n) is 9.77. The minimum absolute atomic E-state index is 0.578. The fourth-order valence-corrected chi connectivity index (χ4v) is 9.77. The summed E-state index contributed by atoms with van der Waals surface area (Å²) in [6.07, 6.45) is 0. The Morgan fingerprint density at radius 2 is 0.779 bits per heavy atom. The van der Waals surface area contributed by atoms with Gasteiger partial charge in [0.1, 0.15) is 11.2 Å². The molecule has 0 atom stereocenters. The summed E-state index contributed by atoms with van der Waals surface area (Å²) in [7, 11) is 0. The first-order valence-electron chi connectivity index (χ1n) is 22.9. The molecule has 0 amide bonds. The van der Waals surface area contributed by atoms with Crippen molar-refractivity contribution in [3.05, 3.63) is 243 Å². The predicted octanol–water partition coefficient (Wildman–Crippen LogP) is 16.5. The number of aromatic nitrogens is 4. The Bertz CT molecular complexity index is 3950. The van der Waals surface area contributed by atoms with Crippen molar-refractivity contribution in [2.24, 2.45) is 0 Å². The van der Waals surface area contributed by atoms with Crippen molar-refractivity contribution in [1.82, 2.24) is 19.5 Å². The van der Waals surface area contributed by atoms with Gasteiger partial charge in [-0.05, 0) is 117 Å². The summed E-state index contributed by atoms with van der Waals surface area (Å²) >= 11 is 0. The second kappa shape index (κ2) is 16.4. The zero-order chi connectivity index (χ0) is 45.0. The second-order valence-electron chi connectivity index (χ2n) is 17.2. The van der Waals surface area contributed by atoms with E-state index in [1.165, 1.54) is 32.9 Å². The van der Waals surface area contributed by atoms with Crippen LogP contribution in [0.1, 0.15) is 0 Å². The van der Waals surface area contributed by atoms with Gasteiger partial charge in [0.05, 0.1) is 11.0 Å². The first-order chi connectivity index (χ1) is 33.7. The fraction of sp³-hybridized carbons (Fsp3) is 0. The maximum atomic E-state index is 6.70. The van der Waals surface area contributed by atoms with Crippen LogP contribution in [0, 0.1) is 0 Å². The van der Waals surface area contributed by atoms with Gasteiger partial charge in [-0.2, -0.15) is 0 Å². The monoisotopic (exact) mass is 868 g/mol. The van der Waals surface area contributed by atoms with E-state index >= 15 is 0 Å². The molecule has 0 aliphatic heterocycles. The van der Waals surface area contributed by atoms with Crippen molar-refractivity contribution >= 4 is 43.7 Å². The van der Waals surface area contributed by atoms with Crippen molar-refractivity contribution in [3.63, 3.8) is 0 Å². The minimum atomic E-state index is 0.578. The van der Waals surface area contributed by atoms with E-state index in [0.717, 1.165) is 77.7 Å². The van der Waals surface area contributed by atoms with Crippen LogP contribution in [0.2, 0.25) is 0 Å². The molecule has 3 heterocycles. The quantitative estimate of drug-likeness (QED) is 0.153. The van der Waals surface area contributed by atoms with E-state index in [4.69, 9.17) is 19.4 Å². The molecule has 13 rings (SSSR count). The molecular weight excluding hydrogens is 829 g/mol. The van der Waals surface area contributed by atoms with E-state index in [0.29, 0.717) is 17.5 Å². The Balaban J connectivity index is 0.925. The third-order valence-corrected chi connectivity index (χ3v) is 13.0. The number of rotatable bonds is 8. The Kier molecular flexibility index (Phi) is 9.43. The van der Waals surface area contributed by atoms with Crippen LogP contribution < -0.4 is 0 Å². The molecule has 68 heavy (non-hydrogen) atoms. The van der Waals surface area contributed by atoms with E-state index in [9.17, 15) is 0 Å². The Labute approximate surface area is 392 Å². The lowest BCUT2D eigenvalue weighted by Crippen LogP contribution is -2.00. The predicted molar refractivity (Wildman–Crippen MR) is 279 cm³/mol. The number of furan rings is 1. The van der Waals surface area contributed by atoms with E-state index in [-0.39, 0.29) is 0 Å². The average Bonchev–Trinajstić information content (AvgIpc) is 3.97. The van der Waals surface area contributed by atoms with E-state index in [1.807, 2.05) is 42.5 Å².